The van der Waals surface area contributed by atoms with E-state index in [2.05, 4.69) is 124 Å². The summed E-state index contributed by atoms with van der Waals surface area (Å²) in [5.74, 6) is -3.30. The number of aliphatic hydroxyl groups excluding tert-OH is 2. The first-order valence-corrected chi connectivity index (χ1v) is 27.5. The molecule has 1 heterocycles. The minimum atomic E-state index is -1.93. The Balaban J connectivity index is 2.76. The molecule has 1 aliphatic heterocycles. The van der Waals surface area contributed by atoms with Crippen LogP contribution < -0.4 is 0 Å². The molecule has 6 atom stereocenters. The molecule has 1 fully saturated rings. The fraction of sp³-hybridized carbons (Fsp3) is 0.607. The monoisotopic (exact) mass is 1020 g/mol. The van der Waals surface area contributed by atoms with Gasteiger partial charge in [0, 0.05) is 19.3 Å². The number of carboxylic acid groups (broad SMARTS) is 1. The van der Waals surface area contributed by atoms with Crippen LogP contribution >= 0.6 is 0 Å². The van der Waals surface area contributed by atoms with Crippen LogP contribution in [0.25, 0.3) is 0 Å². The van der Waals surface area contributed by atoms with Crippen LogP contribution in [-0.4, -0.2) is 89.2 Å². The van der Waals surface area contributed by atoms with Crippen LogP contribution in [-0.2, 0) is 42.9 Å². The van der Waals surface area contributed by atoms with Crippen molar-refractivity contribution < 1.29 is 58.2 Å². The summed E-state index contributed by atoms with van der Waals surface area (Å²) < 4.78 is 28.2. The molecule has 0 aromatic rings. The van der Waals surface area contributed by atoms with Crippen molar-refractivity contribution in [3.05, 3.63) is 122 Å². The standard InChI is InChI=1S/C61H94O12/c1-4-7-10-13-16-19-21-23-25-27-29-31-33-36-38-41-44-47-53(62)69-50-52(71-54(63)48-45-42-39-35-18-15-12-9-6-3)51-70-61-59(57(66)56(65)58(73-61)60(67)68)72-55(64)49-46-43-40-37-34-32-30-28-26-24-22-20-17-14-11-8-5-2/h7-8,10-11,16-17,19-20,23-26,29-32,36-38,40,52,56-59,61,65-66H,4-6,9,12-15,18,21-22,27-28,33-35,39,41-51H2,1-3H3,(H,67,68)/b10-7-,11-8-,19-16-,20-17-,25-23-,26-24-,31-29-,32-30-,38-36-,40-37-. The van der Waals surface area contributed by atoms with E-state index in [1.165, 1.54) is 25.7 Å². The van der Waals surface area contributed by atoms with Crippen LogP contribution in [0.1, 0.15) is 188 Å². The van der Waals surface area contributed by atoms with E-state index in [0.29, 0.717) is 32.1 Å². The average molecular weight is 1020 g/mol. The number of hydrogen-bond donors (Lipinski definition) is 3. The lowest BCUT2D eigenvalue weighted by molar-refractivity contribution is -0.301. The third-order valence-corrected chi connectivity index (χ3v) is 11.5. The van der Waals surface area contributed by atoms with Crippen molar-refractivity contribution in [2.75, 3.05) is 13.2 Å². The number of carbonyl (C=O) groups excluding carboxylic acids is 3. The lowest BCUT2D eigenvalue weighted by Gasteiger charge is -2.40. The van der Waals surface area contributed by atoms with Crippen molar-refractivity contribution in [2.45, 2.75) is 225 Å². The molecule has 3 N–H and O–H groups in total. The summed E-state index contributed by atoms with van der Waals surface area (Å²) in [6.45, 7) is 5.63. The summed E-state index contributed by atoms with van der Waals surface area (Å²) in [4.78, 5) is 50.9. The molecule has 0 spiro atoms. The summed E-state index contributed by atoms with van der Waals surface area (Å²) in [6, 6.07) is 0. The van der Waals surface area contributed by atoms with E-state index in [1.807, 2.05) is 18.2 Å². The lowest BCUT2D eigenvalue weighted by Crippen LogP contribution is -2.61. The Hall–Kier alpha value is -4.88. The van der Waals surface area contributed by atoms with Gasteiger partial charge in [0.1, 0.15) is 18.8 Å². The molecule has 0 aliphatic carbocycles. The molecule has 0 radical (unpaired) electrons. The van der Waals surface area contributed by atoms with Crippen molar-refractivity contribution in [1.29, 1.82) is 0 Å². The minimum Gasteiger partial charge on any atom is -0.479 e. The summed E-state index contributed by atoms with van der Waals surface area (Å²) in [7, 11) is 0. The zero-order valence-corrected chi connectivity index (χ0v) is 44.8. The highest BCUT2D eigenvalue weighted by Gasteiger charge is 2.50. The fourth-order valence-corrected chi connectivity index (χ4v) is 7.38. The maximum absolute atomic E-state index is 13.0. The molecule has 1 rings (SSSR count). The molecule has 0 amide bonds. The summed E-state index contributed by atoms with van der Waals surface area (Å²) in [5, 5.41) is 31.4. The zero-order chi connectivity index (χ0) is 53.3. The second-order valence-electron chi connectivity index (χ2n) is 18.1. The van der Waals surface area contributed by atoms with Gasteiger partial charge in [0.15, 0.2) is 24.6 Å². The van der Waals surface area contributed by atoms with Gasteiger partial charge in [0.25, 0.3) is 0 Å². The third-order valence-electron chi connectivity index (χ3n) is 11.5. The van der Waals surface area contributed by atoms with Crippen molar-refractivity contribution in [3.63, 3.8) is 0 Å². The highest BCUT2D eigenvalue weighted by atomic mass is 16.7. The summed E-state index contributed by atoms with van der Waals surface area (Å²) >= 11 is 0. The van der Waals surface area contributed by atoms with Gasteiger partial charge < -0.3 is 39.0 Å². The Morgan fingerprint density at radius 1 is 0.466 bits per heavy atom. The second kappa shape index (κ2) is 48.1. The number of aliphatic carboxylic acids is 1. The molecule has 12 heteroatoms. The summed E-state index contributed by atoms with van der Waals surface area (Å²) in [5.41, 5.74) is 0. The van der Waals surface area contributed by atoms with E-state index in [-0.39, 0.29) is 25.9 Å². The van der Waals surface area contributed by atoms with Gasteiger partial charge in [0.05, 0.1) is 6.61 Å². The fourth-order valence-electron chi connectivity index (χ4n) is 7.38. The van der Waals surface area contributed by atoms with Crippen molar-refractivity contribution in [2.24, 2.45) is 0 Å². The molecule has 0 saturated carbocycles. The molecular formula is C61H94O12. The Bertz CT molecular complexity index is 1730. The number of unbranched alkanes of at least 4 members (excludes halogenated alkanes) is 10. The third kappa shape index (κ3) is 38.4. The number of ether oxygens (including phenoxy) is 5. The Labute approximate surface area is 439 Å². The van der Waals surface area contributed by atoms with Gasteiger partial charge in [-0.2, -0.15) is 0 Å². The van der Waals surface area contributed by atoms with Crippen LogP contribution in [0.4, 0.5) is 0 Å². The normalized spacial score (nSPS) is 19.3. The van der Waals surface area contributed by atoms with Crippen LogP contribution in [0.3, 0.4) is 0 Å². The van der Waals surface area contributed by atoms with E-state index in [9.17, 15) is 34.5 Å². The van der Waals surface area contributed by atoms with Gasteiger partial charge in [-0.15, -0.1) is 0 Å². The second-order valence-corrected chi connectivity index (χ2v) is 18.1. The van der Waals surface area contributed by atoms with E-state index in [1.54, 1.807) is 0 Å². The molecule has 1 saturated heterocycles. The largest absolute Gasteiger partial charge is 0.479 e. The first kappa shape index (κ1) is 66.1. The van der Waals surface area contributed by atoms with Crippen LogP contribution in [0.5, 0.6) is 0 Å². The number of hydrogen-bond acceptors (Lipinski definition) is 11. The van der Waals surface area contributed by atoms with Crippen LogP contribution in [0, 0.1) is 0 Å². The molecule has 0 aromatic carbocycles. The van der Waals surface area contributed by atoms with Gasteiger partial charge >= 0.3 is 23.9 Å². The number of allylic oxidation sites excluding steroid dienone is 20. The maximum Gasteiger partial charge on any atom is 0.335 e. The molecule has 12 nitrogen and oxygen atoms in total. The molecule has 410 valence electrons. The minimum absolute atomic E-state index is 0.0289. The van der Waals surface area contributed by atoms with Crippen LogP contribution in [0.2, 0.25) is 0 Å². The SMILES string of the molecule is CC/C=C\C/C=C\C/C=C\C/C=C\C/C=C\CCCC(=O)OCC(COC1OC(C(=O)O)C(O)C(O)C1OC(=O)CCC/C=C\C/C=C\C/C=C\C/C=C\C/C=C\CC)OC(=O)CCCCCCCCCCC. The Morgan fingerprint density at radius 3 is 1.30 bits per heavy atom. The number of rotatable bonds is 44. The van der Waals surface area contributed by atoms with E-state index in [4.69, 9.17) is 23.7 Å². The predicted octanol–water partition coefficient (Wildman–Crippen LogP) is 13.7. The smallest absolute Gasteiger partial charge is 0.335 e. The van der Waals surface area contributed by atoms with E-state index in [0.717, 1.165) is 89.9 Å². The molecule has 73 heavy (non-hydrogen) atoms. The van der Waals surface area contributed by atoms with Gasteiger partial charge in [0.2, 0.25) is 0 Å². The number of esters is 3. The quantitative estimate of drug-likeness (QED) is 0.0228. The van der Waals surface area contributed by atoms with E-state index >= 15 is 0 Å². The average Bonchev–Trinajstić information content (AvgIpc) is 3.37. The number of carbonyl (C=O) groups is 4. The number of aliphatic hydroxyl groups is 2. The zero-order valence-electron chi connectivity index (χ0n) is 44.8. The Morgan fingerprint density at radius 2 is 0.863 bits per heavy atom. The molecule has 1 aliphatic rings. The first-order valence-electron chi connectivity index (χ1n) is 27.5. The van der Waals surface area contributed by atoms with Gasteiger partial charge in [-0.3, -0.25) is 14.4 Å². The van der Waals surface area contributed by atoms with Crippen molar-refractivity contribution >= 4 is 23.9 Å². The molecule has 6 unspecified atom stereocenters. The van der Waals surface area contributed by atoms with Crippen molar-refractivity contribution in [1.82, 2.24) is 0 Å². The summed E-state index contributed by atoms with van der Waals surface area (Å²) in [6.07, 6.45) is 53.4. The molecular weight excluding hydrogens is 925 g/mol. The highest BCUT2D eigenvalue weighted by molar-refractivity contribution is 5.74. The number of carboxylic acids is 1. The molecule has 0 aromatic heterocycles. The Kier molecular flexibility index (Phi) is 43.6. The predicted molar refractivity (Wildman–Crippen MR) is 293 cm³/mol. The van der Waals surface area contributed by atoms with Gasteiger partial charge in [-0.1, -0.05) is 194 Å². The highest BCUT2D eigenvalue weighted by Crippen LogP contribution is 2.26. The van der Waals surface area contributed by atoms with Crippen LogP contribution in [0.15, 0.2) is 122 Å². The van der Waals surface area contributed by atoms with E-state index < -0.39 is 67.3 Å². The van der Waals surface area contributed by atoms with Crippen molar-refractivity contribution in [3.8, 4) is 0 Å². The first-order chi connectivity index (χ1) is 35.6. The topological polar surface area (TPSA) is 175 Å². The lowest BCUT2D eigenvalue weighted by atomic mass is 9.98. The van der Waals surface area contributed by atoms with Gasteiger partial charge in [-0.25, -0.2) is 4.79 Å². The molecule has 0 bridgehead atoms. The van der Waals surface area contributed by atoms with Gasteiger partial charge in [-0.05, 0) is 96.3 Å². The maximum atomic E-state index is 13.0.